The number of likely N-dealkylation sites (tertiary alicyclic amines) is 1. The van der Waals surface area contributed by atoms with E-state index >= 15 is 0 Å². The van der Waals surface area contributed by atoms with Crippen LogP contribution in [0.15, 0.2) is 59.5 Å². The van der Waals surface area contributed by atoms with Crippen LogP contribution in [0.25, 0.3) is 0 Å². The van der Waals surface area contributed by atoms with Gasteiger partial charge in [0.25, 0.3) is 15.9 Å². The van der Waals surface area contributed by atoms with Crippen LogP contribution in [-0.4, -0.2) is 149 Å². The number of carbonyl (C=O) groups excluding carboxylic acids is 6. The Hall–Kier alpha value is -5.12. The lowest BCUT2D eigenvalue weighted by molar-refractivity contribution is -0.174. The Labute approximate surface area is 423 Å². The summed E-state index contributed by atoms with van der Waals surface area (Å²) in [6, 6.07) is 9.49. The van der Waals surface area contributed by atoms with Gasteiger partial charge in [-0.15, -0.1) is 0 Å². The lowest BCUT2D eigenvalue weighted by Gasteiger charge is -2.41. The van der Waals surface area contributed by atoms with E-state index in [1.54, 1.807) is 54.1 Å². The van der Waals surface area contributed by atoms with Gasteiger partial charge in [0.15, 0.2) is 0 Å². The Morgan fingerprint density at radius 3 is 1.94 bits per heavy atom. The van der Waals surface area contributed by atoms with Crippen molar-refractivity contribution in [3.8, 4) is 0 Å². The molecule has 1 aliphatic heterocycles. The third kappa shape index (κ3) is 14.8. The van der Waals surface area contributed by atoms with E-state index in [0.29, 0.717) is 31.4 Å². The number of halogens is 3. The van der Waals surface area contributed by atoms with Crippen molar-refractivity contribution in [3.63, 3.8) is 0 Å². The van der Waals surface area contributed by atoms with Crippen molar-refractivity contribution in [3.05, 3.63) is 65.7 Å². The maximum absolute atomic E-state index is 14.5. The molecule has 0 radical (unpaired) electrons. The number of sulfonamides is 1. The Bertz CT molecular complexity index is 2290. The molecule has 1 saturated carbocycles. The Morgan fingerprint density at radius 2 is 1.44 bits per heavy atom. The first-order chi connectivity index (χ1) is 33.6. The van der Waals surface area contributed by atoms with Gasteiger partial charge in [-0.3, -0.25) is 33.7 Å². The van der Waals surface area contributed by atoms with Gasteiger partial charge < -0.3 is 35.2 Å². The fourth-order valence-corrected chi connectivity index (χ4v) is 10.9. The van der Waals surface area contributed by atoms with Crippen LogP contribution in [0.3, 0.4) is 0 Å². The summed E-state index contributed by atoms with van der Waals surface area (Å²) in [7, 11) is 3.62. The third-order valence-corrected chi connectivity index (χ3v) is 15.5. The normalized spacial score (nSPS) is 19.1. The monoisotopic (exact) mass is 1040 g/mol. The smallest absolute Gasteiger partial charge is 0.379 e. The predicted molar refractivity (Wildman–Crippen MR) is 264 cm³/mol. The summed E-state index contributed by atoms with van der Waals surface area (Å²) in [4.78, 5) is 86.9. The summed E-state index contributed by atoms with van der Waals surface area (Å²) in [6.45, 7) is 13.5. The first-order valence-electron chi connectivity index (χ1n) is 24.6. The molecular weight excluding hydrogens is 960 g/mol. The van der Waals surface area contributed by atoms with Gasteiger partial charge in [0, 0.05) is 34.2 Å². The summed E-state index contributed by atoms with van der Waals surface area (Å²) < 4.78 is 80.2. The zero-order valence-electron chi connectivity index (χ0n) is 43.7. The standard InChI is InChI=1S/C51H76F3N7O10S/c1-13-32(6)43(60(10)48(66)41(30(2)3)56-47(65)42(31(4)5)59(8)9)39(70-11)29-40(62)61-27-17-20-38(61)44(71-12)33(7)45(63)55-37(28-34-18-15-14-16-19-34)46(64)58-72(68,69)36-23-21-35(22-24-36)50(25-26-50)57-49(67)51(52,53)54/h14-16,18-19,21-24,30-33,37-39,41-44H,13,17,20,25-29H2,1-12H3,(H,55,63)(H,56,65)(H,57,67)(H,58,64)/t32-,33+,37-,38-,39+,41-,42-,43-,44+/m0/s1. The van der Waals surface area contributed by atoms with Crippen molar-refractivity contribution in [1.82, 2.24) is 35.4 Å². The molecule has 72 heavy (non-hydrogen) atoms. The lowest BCUT2D eigenvalue weighted by atomic mass is 9.89. The van der Waals surface area contributed by atoms with Gasteiger partial charge in [0.2, 0.25) is 23.6 Å². The molecule has 21 heteroatoms. The second-order valence-electron chi connectivity index (χ2n) is 20.3. The maximum atomic E-state index is 14.5. The number of nitrogens with zero attached hydrogens (tertiary/aromatic N) is 3. The van der Waals surface area contributed by atoms with Gasteiger partial charge in [0.1, 0.15) is 12.1 Å². The average molecular weight is 1040 g/mol. The van der Waals surface area contributed by atoms with E-state index in [9.17, 15) is 50.4 Å². The molecule has 2 fully saturated rings. The second-order valence-corrected chi connectivity index (χ2v) is 21.9. The van der Waals surface area contributed by atoms with E-state index in [1.807, 2.05) is 70.6 Å². The van der Waals surface area contributed by atoms with E-state index in [4.69, 9.17) is 9.47 Å². The average Bonchev–Trinajstić information content (AvgIpc) is 3.94. The van der Waals surface area contributed by atoms with Gasteiger partial charge in [0.05, 0.1) is 53.1 Å². The summed E-state index contributed by atoms with van der Waals surface area (Å²) in [5.41, 5.74) is -0.438. The third-order valence-electron chi connectivity index (χ3n) is 14.2. The van der Waals surface area contributed by atoms with Crippen LogP contribution in [0.5, 0.6) is 0 Å². The molecule has 0 bridgehead atoms. The molecule has 2 aromatic rings. The molecular formula is C51H76F3N7O10S. The molecule has 2 aromatic carbocycles. The zero-order valence-corrected chi connectivity index (χ0v) is 44.5. The molecule has 9 atom stereocenters. The summed E-state index contributed by atoms with van der Waals surface area (Å²) in [5.74, 6) is -6.07. The molecule has 0 spiro atoms. The number of hydrogen-bond acceptors (Lipinski definition) is 11. The quantitative estimate of drug-likeness (QED) is 0.109. The van der Waals surface area contributed by atoms with E-state index in [0.717, 1.165) is 12.1 Å². The number of hydrogen-bond donors (Lipinski definition) is 4. The highest BCUT2D eigenvalue weighted by Gasteiger charge is 2.51. The van der Waals surface area contributed by atoms with Gasteiger partial charge in [-0.2, -0.15) is 13.2 Å². The summed E-state index contributed by atoms with van der Waals surface area (Å²) in [6.07, 6.45) is -4.82. The Balaban J connectivity index is 1.51. The molecule has 0 aromatic heterocycles. The largest absolute Gasteiger partial charge is 0.471 e. The highest BCUT2D eigenvalue weighted by molar-refractivity contribution is 7.90. The molecule has 402 valence electrons. The first kappa shape index (κ1) is 59.4. The number of benzene rings is 2. The number of likely N-dealkylation sites (N-methyl/N-ethyl adjacent to an activating group) is 2. The molecule has 4 rings (SSSR count). The van der Waals surface area contributed by atoms with Crippen molar-refractivity contribution in [2.75, 3.05) is 41.9 Å². The number of ether oxygens (including phenoxy) is 2. The lowest BCUT2D eigenvalue weighted by Crippen LogP contribution is -2.59. The van der Waals surface area contributed by atoms with Crippen molar-refractivity contribution in [2.45, 2.75) is 152 Å². The first-order valence-corrected chi connectivity index (χ1v) is 26.1. The molecule has 6 amide bonds. The van der Waals surface area contributed by atoms with Crippen LogP contribution in [-0.2, 0) is 60.2 Å². The number of methoxy groups -OCH3 is 2. The molecule has 1 aliphatic carbocycles. The second kappa shape index (κ2) is 25.2. The number of alkyl halides is 3. The number of rotatable bonds is 25. The highest BCUT2D eigenvalue weighted by Crippen LogP contribution is 2.46. The van der Waals surface area contributed by atoms with Crippen LogP contribution >= 0.6 is 0 Å². The van der Waals surface area contributed by atoms with Crippen molar-refractivity contribution >= 4 is 45.5 Å². The Morgan fingerprint density at radius 1 is 0.833 bits per heavy atom. The zero-order chi connectivity index (χ0) is 54.0. The van der Waals surface area contributed by atoms with Gasteiger partial charge >= 0.3 is 12.1 Å². The number of amides is 6. The SMILES string of the molecule is CC[C@H](C)[C@@H]([C@@H](CC(=O)N1CCC[C@H]1[C@H](OC)[C@@H](C)C(=O)N[C@@H](Cc1ccccc1)C(=O)NS(=O)(=O)c1ccc(C2(NC(=O)C(F)(F)F)CC2)cc1)OC)N(C)C(=O)[C@@H](NC(=O)[C@H](C(C)C)N(C)C)C(C)C. The molecule has 4 N–H and O–H groups in total. The van der Waals surface area contributed by atoms with Gasteiger partial charge in [-0.25, -0.2) is 13.1 Å². The minimum absolute atomic E-state index is 0.0156. The fourth-order valence-electron chi connectivity index (χ4n) is 9.89. The molecule has 17 nitrogen and oxygen atoms in total. The van der Waals surface area contributed by atoms with Crippen LogP contribution < -0.4 is 20.7 Å². The topological polar surface area (TPSA) is 213 Å². The predicted octanol–water partition coefficient (Wildman–Crippen LogP) is 4.53. The van der Waals surface area contributed by atoms with E-state index < -0.39 is 87.8 Å². The number of carbonyl (C=O) groups is 6. The molecule has 0 unspecified atom stereocenters. The van der Waals surface area contributed by atoms with Crippen LogP contribution in [0, 0.1) is 23.7 Å². The van der Waals surface area contributed by atoms with Crippen LogP contribution in [0.1, 0.15) is 98.1 Å². The van der Waals surface area contributed by atoms with Gasteiger partial charge in [-0.05, 0) is 80.8 Å². The van der Waals surface area contributed by atoms with Crippen LogP contribution in [0.2, 0.25) is 0 Å². The van der Waals surface area contributed by atoms with Gasteiger partial charge in [-0.1, -0.05) is 97.4 Å². The molecule has 2 aliphatic rings. The minimum Gasteiger partial charge on any atom is -0.379 e. The van der Waals surface area contributed by atoms with E-state index in [-0.39, 0.29) is 71.6 Å². The fraction of sp³-hybridized carbons (Fsp3) is 0.647. The van der Waals surface area contributed by atoms with E-state index in [1.165, 1.54) is 26.4 Å². The molecule has 1 saturated heterocycles. The number of nitrogens with one attached hydrogen (secondary N) is 4. The summed E-state index contributed by atoms with van der Waals surface area (Å²) >= 11 is 0. The van der Waals surface area contributed by atoms with Crippen molar-refractivity contribution < 1.29 is 59.8 Å². The van der Waals surface area contributed by atoms with Crippen molar-refractivity contribution in [2.24, 2.45) is 23.7 Å². The maximum Gasteiger partial charge on any atom is 0.471 e. The molecule has 1 heterocycles. The van der Waals surface area contributed by atoms with Crippen molar-refractivity contribution in [1.29, 1.82) is 0 Å². The van der Waals surface area contributed by atoms with Crippen LogP contribution in [0.4, 0.5) is 13.2 Å². The summed E-state index contributed by atoms with van der Waals surface area (Å²) in [5, 5.41) is 7.70. The highest BCUT2D eigenvalue weighted by atomic mass is 32.2. The van der Waals surface area contributed by atoms with E-state index in [2.05, 4.69) is 10.6 Å². The minimum atomic E-state index is -5.10. The Kier molecular flexibility index (Phi) is 20.8.